The van der Waals surface area contributed by atoms with Crippen LogP contribution in [0.4, 0.5) is 0 Å². The van der Waals surface area contributed by atoms with Gasteiger partial charge in [0, 0.05) is 51.7 Å². The third kappa shape index (κ3) is 4.98. The Balaban J connectivity index is 0.00000289. The van der Waals surface area contributed by atoms with E-state index < -0.39 is 15.9 Å². The molecule has 0 aliphatic rings. The van der Waals surface area contributed by atoms with Crippen molar-refractivity contribution in [1.29, 1.82) is 0 Å². The molecular formula is C25H19ClN4NaO3S. The molecule has 5 aromatic rings. The van der Waals surface area contributed by atoms with E-state index in [-0.39, 0.29) is 40.0 Å². The summed E-state index contributed by atoms with van der Waals surface area (Å²) in [6.07, 6.45) is 1.51. The van der Waals surface area contributed by atoms with Gasteiger partial charge in [0.1, 0.15) is 10.7 Å². The summed E-state index contributed by atoms with van der Waals surface area (Å²) in [6.45, 7) is 2.33. The zero-order chi connectivity index (χ0) is 23.9. The average Bonchev–Trinajstić information content (AvgIpc) is 3.14. The van der Waals surface area contributed by atoms with E-state index in [1.54, 1.807) is 42.5 Å². The molecule has 2 heterocycles. The van der Waals surface area contributed by atoms with Crippen LogP contribution in [0.3, 0.4) is 0 Å². The summed E-state index contributed by atoms with van der Waals surface area (Å²) in [5.74, 6) is 0.0138. The van der Waals surface area contributed by atoms with Gasteiger partial charge in [0.05, 0.1) is 23.1 Å². The van der Waals surface area contributed by atoms with Crippen LogP contribution in [0.5, 0.6) is 0 Å². The zero-order valence-electron chi connectivity index (χ0n) is 19.1. The zero-order valence-corrected chi connectivity index (χ0v) is 22.6. The Morgan fingerprint density at radius 3 is 2.60 bits per heavy atom. The molecule has 7 nitrogen and oxygen atoms in total. The number of sulfonamides is 1. The van der Waals surface area contributed by atoms with Gasteiger partial charge in [-0.1, -0.05) is 48.0 Å². The van der Waals surface area contributed by atoms with Gasteiger partial charge in [0.25, 0.3) is 15.9 Å². The second-order valence-corrected chi connectivity index (χ2v) is 9.86. The number of imidazole rings is 1. The first-order valence-electron chi connectivity index (χ1n) is 10.4. The van der Waals surface area contributed by atoms with Crippen LogP contribution >= 0.6 is 11.6 Å². The molecule has 1 amide bonds. The molecule has 1 N–H and O–H groups in total. The maximum atomic E-state index is 13.0. The van der Waals surface area contributed by atoms with Gasteiger partial charge in [0.2, 0.25) is 0 Å². The molecule has 0 saturated carbocycles. The number of nitrogens with zero attached hydrogens (tertiary/aromatic N) is 3. The van der Waals surface area contributed by atoms with Crippen molar-refractivity contribution in [2.75, 3.05) is 0 Å². The fourth-order valence-electron chi connectivity index (χ4n) is 3.91. The number of rotatable bonds is 5. The van der Waals surface area contributed by atoms with Crippen molar-refractivity contribution in [1.82, 2.24) is 19.3 Å². The van der Waals surface area contributed by atoms with Crippen LogP contribution in [-0.4, -0.2) is 58.4 Å². The summed E-state index contributed by atoms with van der Waals surface area (Å²) in [7, 11) is -4.15. The molecule has 0 fully saturated rings. The molecule has 0 bridgehead atoms. The number of fused-ring (bicyclic) bond motifs is 2. The molecule has 0 aliphatic carbocycles. The Hall–Kier alpha value is -2.75. The maximum absolute atomic E-state index is 13.0. The van der Waals surface area contributed by atoms with Crippen molar-refractivity contribution in [3.63, 3.8) is 0 Å². The van der Waals surface area contributed by atoms with E-state index >= 15 is 0 Å². The molecule has 1 radical (unpaired) electrons. The Labute approximate surface area is 229 Å². The summed E-state index contributed by atoms with van der Waals surface area (Å²) in [5, 5.41) is 1.30. The minimum Gasteiger partial charge on any atom is -0.324 e. The van der Waals surface area contributed by atoms with Crippen molar-refractivity contribution in [3.05, 3.63) is 101 Å². The first-order valence-corrected chi connectivity index (χ1v) is 12.3. The van der Waals surface area contributed by atoms with Crippen LogP contribution in [0.15, 0.2) is 83.9 Å². The van der Waals surface area contributed by atoms with E-state index in [2.05, 4.69) is 14.7 Å². The van der Waals surface area contributed by atoms with E-state index in [0.29, 0.717) is 33.5 Å². The Morgan fingerprint density at radius 2 is 1.80 bits per heavy atom. The molecule has 0 atom stereocenters. The Morgan fingerprint density at radius 1 is 1.03 bits per heavy atom. The molecule has 171 valence electrons. The summed E-state index contributed by atoms with van der Waals surface area (Å²) < 4.78 is 30.2. The van der Waals surface area contributed by atoms with Gasteiger partial charge in [0.15, 0.2) is 0 Å². The molecule has 10 heteroatoms. The molecule has 35 heavy (non-hydrogen) atoms. The van der Waals surface area contributed by atoms with Crippen LogP contribution in [-0.2, 0) is 16.6 Å². The number of hydrogen-bond donors (Lipinski definition) is 1. The second-order valence-electron chi connectivity index (χ2n) is 7.81. The molecule has 3 aromatic carbocycles. The minimum atomic E-state index is -4.15. The minimum absolute atomic E-state index is 0. The number of benzene rings is 3. The average molecular weight is 514 g/mol. The van der Waals surface area contributed by atoms with Gasteiger partial charge in [-0.15, -0.1) is 0 Å². The van der Waals surface area contributed by atoms with E-state index in [0.717, 1.165) is 11.4 Å². The number of nitrogens with one attached hydrogen (secondary N) is 1. The Kier molecular flexibility index (Phi) is 7.30. The summed E-state index contributed by atoms with van der Waals surface area (Å²) in [4.78, 5) is 21.7. The number of carbonyl (C=O) groups is 1. The van der Waals surface area contributed by atoms with Crippen molar-refractivity contribution in [2.45, 2.75) is 18.4 Å². The predicted octanol–water partition coefficient (Wildman–Crippen LogP) is 4.33. The first-order chi connectivity index (χ1) is 16.3. The molecule has 0 aliphatic heterocycles. The van der Waals surface area contributed by atoms with Crippen LogP contribution in [0.1, 0.15) is 21.7 Å². The van der Waals surface area contributed by atoms with E-state index in [1.807, 2.05) is 35.8 Å². The first kappa shape index (κ1) is 25.3. The smallest absolute Gasteiger partial charge is 0.266 e. The van der Waals surface area contributed by atoms with Crippen molar-refractivity contribution < 1.29 is 13.2 Å². The number of pyridine rings is 1. The fourth-order valence-corrected chi connectivity index (χ4v) is 5.26. The molecular weight excluding hydrogens is 495 g/mol. The molecule has 0 spiro atoms. The summed E-state index contributed by atoms with van der Waals surface area (Å²) >= 11 is 6.33. The second kappa shape index (κ2) is 10.1. The van der Waals surface area contributed by atoms with Gasteiger partial charge in [-0.05, 0) is 48.9 Å². The largest absolute Gasteiger partial charge is 0.324 e. The van der Waals surface area contributed by atoms with Crippen LogP contribution in [0.25, 0.3) is 21.9 Å². The molecule has 0 saturated heterocycles. The SMILES string of the molecule is Cc1nc2ccc(C(=O)NS(=O)(=O)c3cccc4cccnc34)cc2n1Cc1ccccc1Cl.[Na]. The monoisotopic (exact) mass is 513 g/mol. The van der Waals surface area contributed by atoms with Gasteiger partial charge in [-0.2, -0.15) is 0 Å². The van der Waals surface area contributed by atoms with Gasteiger partial charge >= 0.3 is 0 Å². The van der Waals surface area contributed by atoms with Crippen molar-refractivity contribution in [2.24, 2.45) is 0 Å². The predicted molar refractivity (Wildman–Crippen MR) is 137 cm³/mol. The van der Waals surface area contributed by atoms with Gasteiger partial charge in [-0.3, -0.25) is 9.78 Å². The van der Waals surface area contributed by atoms with Crippen molar-refractivity contribution >= 4 is 79.0 Å². The van der Waals surface area contributed by atoms with E-state index in [1.165, 1.54) is 12.3 Å². The third-order valence-electron chi connectivity index (χ3n) is 5.60. The normalized spacial score (nSPS) is 11.4. The quantitative estimate of drug-likeness (QED) is 0.353. The third-order valence-corrected chi connectivity index (χ3v) is 7.33. The van der Waals surface area contributed by atoms with Gasteiger partial charge in [-0.25, -0.2) is 18.1 Å². The maximum Gasteiger partial charge on any atom is 0.266 e. The number of carbonyl (C=O) groups excluding carboxylic acids is 1. The van der Waals surface area contributed by atoms with Crippen LogP contribution < -0.4 is 4.72 Å². The molecule has 0 unspecified atom stereocenters. The number of amides is 1. The summed E-state index contributed by atoms with van der Waals surface area (Å²) in [5.41, 5.74) is 2.81. The number of aromatic nitrogens is 3. The number of para-hydroxylation sites is 1. The Bertz CT molecular complexity index is 1680. The number of aryl methyl sites for hydroxylation is 1. The number of hydrogen-bond acceptors (Lipinski definition) is 5. The topological polar surface area (TPSA) is 93.9 Å². The van der Waals surface area contributed by atoms with E-state index in [9.17, 15) is 13.2 Å². The van der Waals surface area contributed by atoms with Gasteiger partial charge < -0.3 is 4.57 Å². The molecule has 5 rings (SSSR count). The van der Waals surface area contributed by atoms with Crippen LogP contribution in [0.2, 0.25) is 5.02 Å². The fraction of sp³-hybridized carbons (Fsp3) is 0.0800. The molecule has 2 aromatic heterocycles. The van der Waals surface area contributed by atoms with Crippen molar-refractivity contribution in [3.8, 4) is 0 Å². The standard InChI is InChI=1S/C25H19ClN4O3S.Na/c1-16-28-21-12-11-18(14-22(21)30(16)15-19-6-2-3-9-20(19)26)25(31)29-34(32,33)23-10-4-7-17-8-5-13-27-24(17)23;/h2-14H,15H2,1H3,(H,29,31);. The number of halogens is 1. The summed E-state index contributed by atoms with van der Waals surface area (Å²) in [6, 6.07) is 20.7. The van der Waals surface area contributed by atoms with Crippen LogP contribution in [0, 0.1) is 6.92 Å². The van der Waals surface area contributed by atoms with E-state index in [4.69, 9.17) is 11.6 Å².